The van der Waals surface area contributed by atoms with E-state index < -0.39 is 25.8 Å². The SMILES string of the molecule is O=C(NCCS(=O)(=O)c1ccccc1)c1ccc(S(=O)(=O)N2CCCCC2)o1. The van der Waals surface area contributed by atoms with Crippen molar-refractivity contribution in [2.24, 2.45) is 0 Å². The van der Waals surface area contributed by atoms with Gasteiger partial charge in [0.15, 0.2) is 15.6 Å². The van der Waals surface area contributed by atoms with Crippen LogP contribution in [0.15, 0.2) is 56.9 Å². The number of nitrogens with zero attached hydrogens (tertiary/aromatic N) is 1. The molecule has 0 atom stereocenters. The average Bonchev–Trinajstić information content (AvgIpc) is 3.20. The number of rotatable bonds is 7. The Balaban J connectivity index is 1.60. The number of piperidine rings is 1. The molecule has 1 saturated heterocycles. The van der Waals surface area contributed by atoms with Crippen LogP contribution in [0, 0.1) is 0 Å². The molecule has 1 aliphatic heterocycles. The monoisotopic (exact) mass is 426 g/mol. The second kappa shape index (κ2) is 8.46. The third-order valence-corrected chi connectivity index (χ3v) is 7.98. The Morgan fingerprint density at radius 3 is 2.32 bits per heavy atom. The lowest BCUT2D eigenvalue weighted by Gasteiger charge is -2.24. The Labute approximate surface area is 164 Å². The van der Waals surface area contributed by atoms with Crippen molar-refractivity contribution in [3.63, 3.8) is 0 Å². The van der Waals surface area contributed by atoms with Gasteiger partial charge in [-0.05, 0) is 37.1 Å². The average molecular weight is 427 g/mol. The summed E-state index contributed by atoms with van der Waals surface area (Å²) in [5.74, 6) is -1.11. The minimum absolute atomic E-state index is 0.120. The lowest BCUT2D eigenvalue weighted by molar-refractivity contribution is 0.0923. The van der Waals surface area contributed by atoms with Crippen molar-refractivity contribution in [2.75, 3.05) is 25.4 Å². The highest BCUT2D eigenvalue weighted by atomic mass is 32.2. The first-order chi connectivity index (χ1) is 13.3. The molecule has 2 heterocycles. The number of sulfone groups is 1. The van der Waals surface area contributed by atoms with Gasteiger partial charge in [-0.1, -0.05) is 24.6 Å². The molecule has 0 unspecified atom stereocenters. The van der Waals surface area contributed by atoms with Gasteiger partial charge in [0.1, 0.15) is 0 Å². The van der Waals surface area contributed by atoms with Crippen LogP contribution in [-0.2, 0) is 19.9 Å². The summed E-state index contributed by atoms with van der Waals surface area (Å²) in [4.78, 5) is 12.4. The number of carbonyl (C=O) groups excluding carboxylic acids is 1. The van der Waals surface area contributed by atoms with E-state index in [1.165, 1.54) is 28.6 Å². The number of amides is 1. The summed E-state index contributed by atoms with van der Waals surface area (Å²) >= 11 is 0. The third-order valence-electron chi connectivity index (χ3n) is 4.47. The molecule has 1 aliphatic rings. The first-order valence-corrected chi connectivity index (χ1v) is 12.1. The second-order valence-corrected chi connectivity index (χ2v) is 10.4. The molecule has 1 N–H and O–H groups in total. The Bertz CT molecular complexity index is 1020. The van der Waals surface area contributed by atoms with E-state index >= 15 is 0 Å². The van der Waals surface area contributed by atoms with Crippen LogP contribution in [-0.4, -0.2) is 52.4 Å². The molecule has 2 aromatic rings. The van der Waals surface area contributed by atoms with Crippen molar-refractivity contribution in [1.82, 2.24) is 9.62 Å². The molecule has 3 rings (SSSR count). The fourth-order valence-corrected chi connectivity index (χ4v) is 5.55. The minimum atomic E-state index is -3.76. The van der Waals surface area contributed by atoms with Crippen LogP contribution in [0.1, 0.15) is 29.8 Å². The molecule has 1 fully saturated rings. The van der Waals surface area contributed by atoms with Crippen LogP contribution >= 0.6 is 0 Å². The first kappa shape index (κ1) is 20.6. The van der Waals surface area contributed by atoms with E-state index in [1.807, 2.05) is 0 Å². The lowest BCUT2D eigenvalue weighted by atomic mass is 10.2. The zero-order chi connectivity index (χ0) is 20.2. The van der Waals surface area contributed by atoms with Crippen molar-refractivity contribution in [3.05, 3.63) is 48.2 Å². The number of benzene rings is 1. The van der Waals surface area contributed by atoms with Gasteiger partial charge >= 0.3 is 0 Å². The van der Waals surface area contributed by atoms with E-state index in [4.69, 9.17) is 4.42 Å². The summed E-state index contributed by atoms with van der Waals surface area (Å²) in [6.45, 7) is 0.745. The maximum atomic E-state index is 12.5. The maximum absolute atomic E-state index is 12.5. The predicted molar refractivity (Wildman–Crippen MR) is 102 cm³/mol. The Morgan fingerprint density at radius 2 is 1.64 bits per heavy atom. The summed E-state index contributed by atoms with van der Waals surface area (Å²) in [5, 5.41) is 2.17. The number of hydrogen-bond donors (Lipinski definition) is 1. The summed E-state index contributed by atoms with van der Waals surface area (Å²) in [5.41, 5.74) is 0. The molecular formula is C18H22N2O6S2. The van der Waals surface area contributed by atoms with Gasteiger partial charge in [-0.15, -0.1) is 0 Å². The van der Waals surface area contributed by atoms with Gasteiger partial charge in [0.2, 0.25) is 5.09 Å². The van der Waals surface area contributed by atoms with Crippen molar-refractivity contribution in [2.45, 2.75) is 29.3 Å². The number of hydrogen-bond acceptors (Lipinski definition) is 6. The molecule has 152 valence electrons. The topological polar surface area (TPSA) is 114 Å². The van der Waals surface area contributed by atoms with E-state index in [-0.39, 0.29) is 28.0 Å². The zero-order valence-corrected chi connectivity index (χ0v) is 16.8. The van der Waals surface area contributed by atoms with Gasteiger partial charge in [-0.3, -0.25) is 4.79 Å². The van der Waals surface area contributed by atoms with Gasteiger partial charge in [-0.25, -0.2) is 16.8 Å². The number of furan rings is 1. The fourth-order valence-electron chi connectivity index (χ4n) is 2.95. The van der Waals surface area contributed by atoms with E-state index in [0.29, 0.717) is 13.1 Å². The van der Waals surface area contributed by atoms with Crippen LogP contribution in [0.4, 0.5) is 0 Å². The van der Waals surface area contributed by atoms with E-state index in [2.05, 4.69) is 5.32 Å². The number of sulfonamides is 1. The molecule has 0 radical (unpaired) electrons. The van der Waals surface area contributed by atoms with Gasteiger partial charge in [-0.2, -0.15) is 4.31 Å². The van der Waals surface area contributed by atoms with Gasteiger partial charge in [0.05, 0.1) is 10.6 Å². The lowest BCUT2D eigenvalue weighted by Crippen LogP contribution is -2.35. The van der Waals surface area contributed by atoms with Crippen LogP contribution in [0.2, 0.25) is 0 Å². The summed E-state index contributed by atoms with van der Waals surface area (Å²) in [6, 6.07) is 10.5. The Kier molecular flexibility index (Phi) is 6.21. The smallest absolute Gasteiger partial charge is 0.287 e. The van der Waals surface area contributed by atoms with E-state index in [0.717, 1.165) is 19.3 Å². The molecule has 28 heavy (non-hydrogen) atoms. The van der Waals surface area contributed by atoms with Gasteiger partial charge in [0, 0.05) is 19.6 Å². The highest BCUT2D eigenvalue weighted by molar-refractivity contribution is 7.91. The summed E-state index contributed by atoms with van der Waals surface area (Å²) in [7, 11) is -7.28. The maximum Gasteiger partial charge on any atom is 0.287 e. The van der Waals surface area contributed by atoms with E-state index in [1.54, 1.807) is 18.2 Å². The van der Waals surface area contributed by atoms with E-state index in [9.17, 15) is 21.6 Å². The highest BCUT2D eigenvalue weighted by Crippen LogP contribution is 2.22. The fraction of sp³-hybridized carbons (Fsp3) is 0.389. The summed E-state index contributed by atoms with van der Waals surface area (Å²) in [6.07, 6.45) is 2.58. The Morgan fingerprint density at radius 1 is 0.964 bits per heavy atom. The van der Waals surface area contributed by atoms with Crippen LogP contribution in [0.25, 0.3) is 0 Å². The zero-order valence-electron chi connectivity index (χ0n) is 15.2. The minimum Gasteiger partial charge on any atom is -0.438 e. The molecule has 0 bridgehead atoms. The van der Waals surface area contributed by atoms with Crippen molar-refractivity contribution in [1.29, 1.82) is 0 Å². The molecule has 1 aromatic carbocycles. The first-order valence-electron chi connectivity index (χ1n) is 8.97. The van der Waals surface area contributed by atoms with Crippen molar-refractivity contribution >= 4 is 25.8 Å². The number of carbonyl (C=O) groups is 1. The molecule has 1 amide bonds. The van der Waals surface area contributed by atoms with Crippen LogP contribution in [0.5, 0.6) is 0 Å². The molecule has 0 spiro atoms. The van der Waals surface area contributed by atoms with Crippen molar-refractivity contribution in [3.8, 4) is 0 Å². The molecule has 10 heteroatoms. The Hall–Kier alpha value is -2.17. The largest absolute Gasteiger partial charge is 0.438 e. The molecule has 0 saturated carbocycles. The normalized spacial score (nSPS) is 16.0. The molecule has 8 nitrogen and oxygen atoms in total. The third kappa shape index (κ3) is 4.62. The summed E-state index contributed by atoms with van der Waals surface area (Å²) < 4.78 is 56.1. The quantitative estimate of drug-likeness (QED) is 0.720. The predicted octanol–water partition coefficient (Wildman–Crippen LogP) is 1.66. The highest BCUT2D eigenvalue weighted by Gasteiger charge is 2.29. The number of nitrogens with one attached hydrogen (secondary N) is 1. The van der Waals surface area contributed by atoms with Crippen LogP contribution in [0.3, 0.4) is 0 Å². The van der Waals surface area contributed by atoms with Crippen LogP contribution < -0.4 is 5.32 Å². The van der Waals surface area contributed by atoms with Gasteiger partial charge in [0.25, 0.3) is 15.9 Å². The molecular weight excluding hydrogens is 404 g/mol. The van der Waals surface area contributed by atoms with Crippen molar-refractivity contribution < 1.29 is 26.0 Å². The van der Waals surface area contributed by atoms with Gasteiger partial charge < -0.3 is 9.73 Å². The second-order valence-electron chi connectivity index (χ2n) is 6.47. The molecule has 1 aromatic heterocycles. The standard InChI is InChI=1S/C18H22N2O6S2/c21-18(19-11-14-27(22,23)15-7-3-1-4-8-15)16-9-10-17(26-16)28(24,25)20-12-5-2-6-13-20/h1,3-4,7-10H,2,5-6,11-14H2,(H,19,21). The molecule has 0 aliphatic carbocycles.